The van der Waals surface area contributed by atoms with Gasteiger partial charge in [-0.3, -0.25) is 9.69 Å². The Kier molecular flexibility index (Phi) is 4.35. The quantitative estimate of drug-likeness (QED) is 0.828. The maximum Gasteiger partial charge on any atom is 0.264 e. The molecule has 0 radical (unpaired) electrons. The van der Waals surface area contributed by atoms with Crippen LogP contribution in [0.2, 0.25) is 0 Å². The molecule has 2 fully saturated rings. The van der Waals surface area contributed by atoms with Crippen molar-refractivity contribution in [3.05, 3.63) is 22.4 Å². The summed E-state index contributed by atoms with van der Waals surface area (Å²) in [6, 6.07) is 4.11. The molecule has 3 heterocycles. The summed E-state index contributed by atoms with van der Waals surface area (Å²) in [4.78, 5) is 17.5. The molecule has 2 aliphatic rings. The molecule has 2 saturated heterocycles. The Bertz CT molecular complexity index is 451. The van der Waals surface area contributed by atoms with Gasteiger partial charge in [-0.05, 0) is 11.4 Å². The van der Waals surface area contributed by atoms with Gasteiger partial charge in [0.1, 0.15) is 0 Å². The molecule has 0 unspecified atom stereocenters. The van der Waals surface area contributed by atoms with E-state index in [1.807, 2.05) is 22.4 Å². The fraction of sp³-hybridized carbons (Fsp3) is 0.643. The number of ether oxygens (including phenoxy) is 2. The first-order valence-corrected chi connectivity index (χ1v) is 7.85. The third kappa shape index (κ3) is 2.74. The zero-order valence-corrected chi connectivity index (χ0v) is 12.5. The number of nitrogens with zero attached hydrogens (tertiary/aromatic N) is 2. The van der Waals surface area contributed by atoms with E-state index in [9.17, 15) is 4.79 Å². The molecule has 1 amide bonds. The molecular weight excluding hydrogens is 276 g/mol. The zero-order valence-electron chi connectivity index (χ0n) is 11.7. The molecule has 1 aromatic heterocycles. The van der Waals surface area contributed by atoms with Crippen molar-refractivity contribution in [2.75, 3.05) is 46.5 Å². The van der Waals surface area contributed by atoms with Gasteiger partial charge in [-0.1, -0.05) is 6.07 Å². The van der Waals surface area contributed by atoms with Crippen LogP contribution in [0.15, 0.2) is 17.5 Å². The highest BCUT2D eigenvalue weighted by atomic mass is 32.1. The average Bonchev–Trinajstić information content (AvgIpc) is 3.12. The molecule has 1 aromatic rings. The summed E-state index contributed by atoms with van der Waals surface area (Å²) < 4.78 is 11.0. The van der Waals surface area contributed by atoms with Crippen molar-refractivity contribution >= 4 is 17.2 Å². The monoisotopic (exact) mass is 296 g/mol. The van der Waals surface area contributed by atoms with Crippen molar-refractivity contribution in [1.29, 1.82) is 0 Å². The first kappa shape index (κ1) is 14.0. The van der Waals surface area contributed by atoms with E-state index in [1.54, 1.807) is 7.11 Å². The van der Waals surface area contributed by atoms with Crippen LogP contribution in [0.4, 0.5) is 0 Å². The largest absolute Gasteiger partial charge is 0.383 e. The summed E-state index contributed by atoms with van der Waals surface area (Å²) in [7, 11) is 1.72. The topological polar surface area (TPSA) is 42.0 Å². The van der Waals surface area contributed by atoms with Crippen molar-refractivity contribution in [2.45, 2.75) is 12.1 Å². The van der Waals surface area contributed by atoms with Crippen LogP contribution in [0.1, 0.15) is 9.67 Å². The lowest BCUT2D eigenvalue weighted by molar-refractivity contribution is -0.0526. The number of hydrogen-bond acceptors (Lipinski definition) is 5. The molecule has 0 aromatic carbocycles. The van der Waals surface area contributed by atoms with Crippen LogP contribution in [0.5, 0.6) is 0 Å². The number of carbonyl (C=O) groups is 1. The minimum atomic E-state index is 0.129. The van der Waals surface area contributed by atoms with Crippen molar-refractivity contribution in [3.8, 4) is 0 Å². The maximum atomic E-state index is 12.4. The van der Waals surface area contributed by atoms with Gasteiger partial charge in [0.05, 0.1) is 30.2 Å². The van der Waals surface area contributed by atoms with Gasteiger partial charge in [0, 0.05) is 33.3 Å². The molecule has 5 nitrogen and oxygen atoms in total. The van der Waals surface area contributed by atoms with Gasteiger partial charge in [0.15, 0.2) is 0 Å². The number of rotatable bonds is 4. The minimum Gasteiger partial charge on any atom is -0.383 e. The molecule has 3 rings (SSSR count). The Morgan fingerprint density at radius 3 is 3.20 bits per heavy atom. The molecule has 2 aliphatic heterocycles. The van der Waals surface area contributed by atoms with E-state index in [2.05, 4.69) is 4.90 Å². The van der Waals surface area contributed by atoms with E-state index in [-0.39, 0.29) is 12.0 Å². The van der Waals surface area contributed by atoms with Crippen molar-refractivity contribution in [3.63, 3.8) is 0 Å². The van der Waals surface area contributed by atoms with E-state index in [0.717, 1.165) is 37.7 Å². The normalized spacial score (nSPS) is 26.8. The minimum absolute atomic E-state index is 0.129. The van der Waals surface area contributed by atoms with E-state index in [0.29, 0.717) is 12.6 Å². The summed E-state index contributed by atoms with van der Waals surface area (Å²) in [6.45, 7) is 4.75. The second kappa shape index (κ2) is 6.22. The zero-order chi connectivity index (χ0) is 13.9. The SMILES string of the molecule is COCCN1CCO[C@@H]2CN(C(=O)c3cccs3)C[C@@H]21. The van der Waals surface area contributed by atoms with Gasteiger partial charge in [-0.15, -0.1) is 11.3 Å². The summed E-state index contributed by atoms with van der Waals surface area (Å²) in [5.74, 6) is 0.129. The third-order valence-corrected chi connectivity index (χ3v) is 4.88. The summed E-state index contributed by atoms with van der Waals surface area (Å²) in [5, 5.41) is 1.94. The Morgan fingerprint density at radius 2 is 2.45 bits per heavy atom. The fourth-order valence-corrected chi connectivity index (χ4v) is 3.66. The van der Waals surface area contributed by atoms with E-state index in [4.69, 9.17) is 9.47 Å². The number of likely N-dealkylation sites (tertiary alicyclic amines) is 1. The maximum absolute atomic E-state index is 12.4. The molecule has 6 heteroatoms. The van der Waals surface area contributed by atoms with Crippen molar-refractivity contribution in [1.82, 2.24) is 9.80 Å². The smallest absolute Gasteiger partial charge is 0.264 e. The highest BCUT2D eigenvalue weighted by Crippen LogP contribution is 2.25. The van der Waals surface area contributed by atoms with Crippen LogP contribution in [0.25, 0.3) is 0 Å². The highest BCUT2D eigenvalue weighted by Gasteiger charge is 2.41. The number of hydrogen-bond donors (Lipinski definition) is 0. The number of thiophene rings is 1. The van der Waals surface area contributed by atoms with Crippen LogP contribution >= 0.6 is 11.3 Å². The van der Waals surface area contributed by atoms with Crippen LogP contribution in [-0.4, -0.2) is 74.4 Å². The van der Waals surface area contributed by atoms with Crippen molar-refractivity contribution < 1.29 is 14.3 Å². The Labute approximate surface area is 123 Å². The molecule has 2 atom stereocenters. The molecule has 0 spiro atoms. The van der Waals surface area contributed by atoms with Gasteiger partial charge in [0.2, 0.25) is 0 Å². The van der Waals surface area contributed by atoms with Crippen LogP contribution in [0, 0.1) is 0 Å². The van der Waals surface area contributed by atoms with E-state index >= 15 is 0 Å². The summed E-state index contributed by atoms with van der Waals surface area (Å²) in [5.41, 5.74) is 0. The first-order valence-electron chi connectivity index (χ1n) is 6.97. The Morgan fingerprint density at radius 1 is 1.55 bits per heavy atom. The standard InChI is InChI=1S/C14H20N2O3S/c1-18-6-4-15-5-7-19-12-10-16(9-11(12)15)14(17)13-3-2-8-20-13/h2-3,8,11-12H,4-7,9-10H2,1H3/t11-,12+/m0/s1. The number of carbonyl (C=O) groups excluding carboxylic acids is 1. The Balaban J connectivity index is 1.66. The number of fused-ring (bicyclic) bond motifs is 1. The number of methoxy groups -OCH3 is 1. The molecule has 0 bridgehead atoms. The van der Waals surface area contributed by atoms with Crippen LogP contribution in [-0.2, 0) is 9.47 Å². The number of amides is 1. The lowest BCUT2D eigenvalue weighted by atomic mass is 10.1. The molecule has 0 aliphatic carbocycles. The number of morpholine rings is 1. The summed E-state index contributed by atoms with van der Waals surface area (Å²) in [6.07, 6.45) is 0.143. The first-order chi connectivity index (χ1) is 9.79. The second-order valence-electron chi connectivity index (χ2n) is 5.19. The molecule has 0 saturated carbocycles. The lowest BCUT2D eigenvalue weighted by Gasteiger charge is -2.36. The lowest BCUT2D eigenvalue weighted by Crippen LogP contribution is -2.51. The average molecular weight is 296 g/mol. The Hall–Kier alpha value is -0.950. The summed E-state index contributed by atoms with van der Waals surface area (Å²) >= 11 is 1.50. The van der Waals surface area contributed by atoms with Crippen LogP contribution < -0.4 is 0 Å². The highest BCUT2D eigenvalue weighted by molar-refractivity contribution is 7.12. The van der Waals surface area contributed by atoms with Crippen LogP contribution in [0.3, 0.4) is 0 Å². The molecule has 110 valence electrons. The molecule has 20 heavy (non-hydrogen) atoms. The van der Waals surface area contributed by atoms with Gasteiger partial charge >= 0.3 is 0 Å². The van der Waals surface area contributed by atoms with Gasteiger partial charge in [0.25, 0.3) is 5.91 Å². The van der Waals surface area contributed by atoms with Gasteiger partial charge in [-0.2, -0.15) is 0 Å². The molecule has 0 N–H and O–H groups in total. The molecular formula is C14H20N2O3S. The van der Waals surface area contributed by atoms with Gasteiger partial charge < -0.3 is 14.4 Å². The second-order valence-corrected chi connectivity index (χ2v) is 6.14. The van der Waals surface area contributed by atoms with Crippen molar-refractivity contribution in [2.24, 2.45) is 0 Å². The van der Waals surface area contributed by atoms with E-state index in [1.165, 1.54) is 11.3 Å². The fourth-order valence-electron chi connectivity index (χ4n) is 2.97. The predicted molar refractivity (Wildman–Crippen MR) is 77.2 cm³/mol. The predicted octanol–water partition coefficient (Wildman–Crippen LogP) is 0.920. The van der Waals surface area contributed by atoms with E-state index < -0.39 is 0 Å². The van der Waals surface area contributed by atoms with Gasteiger partial charge in [-0.25, -0.2) is 0 Å². The third-order valence-electron chi connectivity index (χ3n) is 4.02.